The average Bonchev–Trinajstić information content (AvgIpc) is 2.82. The highest BCUT2D eigenvalue weighted by molar-refractivity contribution is 8.03. The molecule has 2 aromatic carbocycles. The molecule has 4 heteroatoms. The van der Waals surface area contributed by atoms with Crippen LogP contribution in [-0.4, -0.2) is 11.0 Å². The van der Waals surface area contributed by atoms with E-state index >= 15 is 0 Å². The Balaban J connectivity index is 1.64. The fraction of sp³-hybridized carbons (Fsp3) is 0.200. The maximum atomic E-state index is 6.19. The van der Waals surface area contributed by atoms with Gasteiger partial charge in [-0.25, -0.2) is 0 Å². The van der Waals surface area contributed by atoms with Crippen molar-refractivity contribution in [2.45, 2.75) is 21.5 Å². The molecule has 3 rings (SSSR count). The third kappa shape index (κ3) is 3.04. The molecule has 1 heterocycles. The van der Waals surface area contributed by atoms with Crippen molar-refractivity contribution in [2.75, 3.05) is 11.5 Å². The fourth-order valence-electron chi connectivity index (χ4n) is 2.16. The summed E-state index contributed by atoms with van der Waals surface area (Å²) in [6.07, 6.45) is 1.15. The Hall–Kier alpha value is -0.770. The normalized spacial score (nSPS) is 17.4. The first-order valence-electron chi connectivity index (χ1n) is 6.15. The predicted octanol–water partition coefficient (Wildman–Crippen LogP) is 4.73. The molecule has 1 atom stereocenters. The SMILES string of the molecule is Nc1ccc(Cl)c(SCC2Cc3ccccc3S2)c1. The van der Waals surface area contributed by atoms with Crippen LogP contribution in [0.5, 0.6) is 0 Å². The number of anilines is 1. The lowest BCUT2D eigenvalue weighted by atomic mass is 10.1. The van der Waals surface area contributed by atoms with Crippen LogP contribution in [-0.2, 0) is 6.42 Å². The number of nitrogen functional groups attached to an aromatic ring is 1. The van der Waals surface area contributed by atoms with Gasteiger partial charge < -0.3 is 5.73 Å². The smallest absolute Gasteiger partial charge is 0.0543 e. The number of fused-ring (bicyclic) bond motifs is 1. The van der Waals surface area contributed by atoms with Crippen molar-refractivity contribution < 1.29 is 0 Å². The Bertz CT molecular complexity index is 575. The first kappa shape index (κ1) is 13.2. The Morgan fingerprint density at radius 1 is 1.26 bits per heavy atom. The number of hydrogen-bond donors (Lipinski definition) is 1. The van der Waals surface area contributed by atoms with E-state index in [2.05, 4.69) is 24.3 Å². The van der Waals surface area contributed by atoms with E-state index in [1.165, 1.54) is 10.5 Å². The van der Waals surface area contributed by atoms with E-state index in [1.54, 1.807) is 11.8 Å². The first-order chi connectivity index (χ1) is 9.22. The van der Waals surface area contributed by atoms with Gasteiger partial charge in [-0.05, 0) is 36.2 Å². The van der Waals surface area contributed by atoms with Crippen LogP contribution in [0.1, 0.15) is 5.56 Å². The van der Waals surface area contributed by atoms with Crippen molar-refractivity contribution >= 4 is 40.8 Å². The van der Waals surface area contributed by atoms with Gasteiger partial charge in [0.15, 0.2) is 0 Å². The number of thioether (sulfide) groups is 2. The second-order valence-electron chi connectivity index (χ2n) is 4.55. The molecule has 1 unspecified atom stereocenters. The molecule has 0 bridgehead atoms. The van der Waals surface area contributed by atoms with Gasteiger partial charge in [-0.3, -0.25) is 0 Å². The van der Waals surface area contributed by atoms with Crippen LogP contribution in [0.15, 0.2) is 52.3 Å². The van der Waals surface area contributed by atoms with Gasteiger partial charge in [0.05, 0.1) is 5.02 Å². The second kappa shape index (κ2) is 5.70. The summed E-state index contributed by atoms with van der Waals surface area (Å²) >= 11 is 9.95. The van der Waals surface area contributed by atoms with Crippen molar-refractivity contribution in [1.29, 1.82) is 0 Å². The number of rotatable bonds is 3. The van der Waals surface area contributed by atoms with Crippen molar-refractivity contribution in [3.63, 3.8) is 0 Å². The monoisotopic (exact) mass is 307 g/mol. The van der Waals surface area contributed by atoms with Crippen molar-refractivity contribution in [2.24, 2.45) is 0 Å². The molecule has 1 aliphatic heterocycles. The van der Waals surface area contributed by atoms with E-state index in [-0.39, 0.29) is 0 Å². The molecule has 1 nitrogen and oxygen atoms in total. The van der Waals surface area contributed by atoms with Crippen LogP contribution >= 0.6 is 35.1 Å². The summed E-state index contributed by atoms with van der Waals surface area (Å²) in [4.78, 5) is 2.50. The van der Waals surface area contributed by atoms with E-state index in [4.69, 9.17) is 17.3 Å². The van der Waals surface area contributed by atoms with Crippen LogP contribution in [0, 0.1) is 0 Å². The lowest BCUT2D eigenvalue weighted by Crippen LogP contribution is -2.04. The first-order valence-corrected chi connectivity index (χ1v) is 8.39. The summed E-state index contributed by atoms with van der Waals surface area (Å²) < 4.78 is 0. The molecule has 0 amide bonds. The molecule has 0 saturated heterocycles. The van der Waals surface area contributed by atoms with Crippen LogP contribution in [0.25, 0.3) is 0 Å². The van der Waals surface area contributed by atoms with Gasteiger partial charge in [0.1, 0.15) is 0 Å². The van der Waals surface area contributed by atoms with Crippen LogP contribution < -0.4 is 5.73 Å². The lowest BCUT2D eigenvalue weighted by molar-refractivity contribution is 0.970. The van der Waals surface area contributed by atoms with E-state index in [1.807, 2.05) is 30.0 Å². The molecule has 19 heavy (non-hydrogen) atoms. The van der Waals surface area contributed by atoms with Crippen LogP contribution in [0.3, 0.4) is 0 Å². The molecule has 0 aromatic heterocycles. The van der Waals surface area contributed by atoms with E-state index in [0.717, 1.165) is 27.8 Å². The lowest BCUT2D eigenvalue weighted by Gasteiger charge is -2.09. The van der Waals surface area contributed by atoms with Crippen molar-refractivity contribution in [3.8, 4) is 0 Å². The molecule has 0 spiro atoms. The summed E-state index contributed by atoms with van der Waals surface area (Å²) in [5.41, 5.74) is 8.04. The van der Waals surface area contributed by atoms with Gasteiger partial charge in [-0.15, -0.1) is 23.5 Å². The Morgan fingerprint density at radius 3 is 2.95 bits per heavy atom. The molecule has 0 saturated carbocycles. The van der Waals surface area contributed by atoms with Crippen LogP contribution in [0.2, 0.25) is 5.02 Å². The highest BCUT2D eigenvalue weighted by Crippen LogP contribution is 2.40. The molecular formula is C15H14ClNS2. The molecule has 0 fully saturated rings. The van der Waals surface area contributed by atoms with Gasteiger partial charge in [0, 0.05) is 26.5 Å². The molecule has 1 aliphatic rings. The highest BCUT2D eigenvalue weighted by Gasteiger charge is 2.21. The van der Waals surface area contributed by atoms with Gasteiger partial charge in [0.25, 0.3) is 0 Å². The second-order valence-corrected chi connectivity index (χ2v) is 7.36. The largest absolute Gasteiger partial charge is 0.399 e. The summed E-state index contributed by atoms with van der Waals surface area (Å²) in [6.45, 7) is 0. The molecule has 2 N–H and O–H groups in total. The summed E-state index contributed by atoms with van der Waals surface area (Å²) in [6, 6.07) is 14.3. The van der Waals surface area contributed by atoms with Gasteiger partial charge in [-0.2, -0.15) is 0 Å². The summed E-state index contributed by atoms with van der Waals surface area (Å²) in [5, 5.41) is 1.42. The summed E-state index contributed by atoms with van der Waals surface area (Å²) in [7, 11) is 0. The van der Waals surface area contributed by atoms with E-state index < -0.39 is 0 Å². The Kier molecular flexibility index (Phi) is 3.96. The minimum Gasteiger partial charge on any atom is -0.399 e. The summed E-state index contributed by atoms with van der Waals surface area (Å²) in [5.74, 6) is 1.06. The van der Waals surface area contributed by atoms with E-state index in [9.17, 15) is 0 Å². The van der Waals surface area contributed by atoms with Crippen LogP contribution in [0.4, 0.5) is 5.69 Å². The zero-order chi connectivity index (χ0) is 13.2. The number of hydrogen-bond acceptors (Lipinski definition) is 3. The minimum atomic E-state index is 0.625. The van der Waals surface area contributed by atoms with Crippen molar-refractivity contribution in [3.05, 3.63) is 53.1 Å². The van der Waals surface area contributed by atoms with Gasteiger partial charge in [0.2, 0.25) is 0 Å². The predicted molar refractivity (Wildman–Crippen MR) is 86.4 cm³/mol. The molecule has 0 aliphatic carbocycles. The molecule has 98 valence electrons. The fourth-order valence-corrected chi connectivity index (χ4v) is 4.91. The maximum absolute atomic E-state index is 6.19. The maximum Gasteiger partial charge on any atom is 0.0543 e. The third-order valence-electron chi connectivity index (χ3n) is 3.09. The third-order valence-corrected chi connectivity index (χ3v) is 6.28. The molecule has 0 radical (unpaired) electrons. The zero-order valence-electron chi connectivity index (χ0n) is 10.3. The van der Waals surface area contributed by atoms with Crippen molar-refractivity contribution in [1.82, 2.24) is 0 Å². The Morgan fingerprint density at radius 2 is 2.11 bits per heavy atom. The van der Waals surface area contributed by atoms with Gasteiger partial charge >= 0.3 is 0 Å². The molecule has 2 aromatic rings. The number of benzene rings is 2. The number of nitrogens with two attached hydrogens (primary N) is 1. The minimum absolute atomic E-state index is 0.625. The standard InChI is InChI=1S/C15H14ClNS2/c16-13-6-5-11(17)8-15(13)18-9-12-7-10-3-1-2-4-14(10)19-12/h1-6,8,12H,7,9,17H2. The average molecular weight is 308 g/mol. The quantitative estimate of drug-likeness (QED) is 0.655. The van der Waals surface area contributed by atoms with E-state index in [0.29, 0.717) is 5.25 Å². The topological polar surface area (TPSA) is 26.0 Å². The van der Waals surface area contributed by atoms with Gasteiger partial charge in [-0.1, -0.05) is 29.8 Å². The Labute approximate surface area is 126 Å². The zero-order valence-corrected chi connectivity index (χ0v) is 12.7. The number of halogens is 1. The highest BCUT2D eigenvalue weighted by atomic mass is 35.5. The molecular weight excluding hydrogens is 294 g/mol.